The summed E-state index contributed by atoms with van der Waals surface area (Å²) in [6.45, 7) is 9.88. The topological polar surface area (TPSA) is 67.2 Å². The van der Waals surface area contributed by atoms with Crippen LogP contribution >= 0.6 is 11.3 Å². The van der Waals surface area contributed by atoms with Crippen LogP contribution in [-0.2, 0) is 11.3 Å². The van der Waals surface area contributed by atoms with Gasteiger partial charge < -0.3 is 10.2 Å². The van der Waals surface area contributed by atoms with Crippen molar-refractivity contribution in [2.75, 3.05) is 0 Å². The molecule has 176 valence electrons. The van der Waals surface area contributed by atoms with Gasteiger partial charge >= 0.3 is 0 Å². The van der Waals surface area contributed by atoms with Crippen LogP contribution in [0.3, 0.4) is 0 Å². The van der Waals surface area contributed by atoms with E-state index in [2.05, 4.69) is 10.4 Å². The number of aromatic nitrogens is 2. The Hall–Kier alpha value is -3.45. The fourth-order valence-corrected chi connectivity index (χ4v) is 4.96. The lowest BCUT2D eigenvalue weighted by atomic mass is 10.1. The van der Waals surface area contributed by atoms with Gasteiger partial charge in [-0.05, 0) is 58.4 Å². The lowest BCUT2D eigenvalue weighted by molar-refractivity contribution is -0.126. The van der Waals surface area contributed by atoms with E-state index in [-0.39, 0.29) is 17.4 Å². The van der Waals surface area contributed by atoms with Gasteiger partial charge in [-0.2, -0.15) is 5.10 Å². The van der Waals surface area contributed by atoms with E-state index in [4.69, 9.17) is 0 Å². The standard InChI is InChI=1S/C27H30N4O2S/c1-18-22-16-23(34-26(22)31(29-18)21-14-10-7-11-15-21)25(33)30(17-20-12-8-6-9-13-20)19(2)24(32)28-27(3,4)5/h6-16,19H,17H2,1-5H3,(H,28,32). The number of nitrogens with one attached hydrogen (secondary N) is 1. The number of carbonyl (C=O) groups excluding carboxylic acids is 2. The van der Waals surface area contributed by atoms with Crippen molar-refractivity contribution < 1.29 is 9.59 Å². The van der Waals surface area contributed by atoms with E-state index < -0.39 is 6.04 Å². The van der Waals surface area contributed by atoms with E-state index in [9.17, 15) is 9.59 Å². The molecule has 0 bridgehead atoms. The van der Waals surface area contributed by atoms with E-state index in [0.29, 0.717) is 11.4 Å². The second-order valence-corrected chi connectivity index (χ2v) is 10.5. The molecule has 1 N–H and O–H groups in total. The van der Waals surface area contributed by atoms with Gasteiger partial charge in [0.2, 0.25) is 5.91 Å². The number of benzene rings is 2. The van der Waals surface area contributed by atoms with Crippen LogP contribution in [0.15, 0.2) is 66.7 Å². The molecule has 4 rings (SSSR count). The zero-order chi connectivity index (χ0) is 24.5. The Balaban J connectivity index is 1.71. The predicted molar refractivity (Wildman–Crippen MR) is 137 cm³/mol. The van der Waals surface area contributed by atoms with Crippen LogP contribution in [-0.4, -0.2) is 38.1 Å². The number of aryl methyl sites for hydroxylation is 1. The summed E-state index contributed by atoms with van der Waals surface area (Å²) in [6.07, 6.45) is 0. The van der Waals surface area contributed by atoms with Gasteiger partial charge in [-0.15, -0.1) is 11.3 Å². The van der Waals surface area contributed by atoms with Crippen LogP contribution in [0.25, 0.3) is 15.9 Å². The van der Waals surface area contributed by atoms with Crippen molar-refractivity contribution in [3.8, 4) is 5.69 Å². The zero-order valence-corrected chi connectivity index (χ0v) is 21.0. The molecule has 1 unspecified atom stereocenters. The largest absolute Gasteiger partial charge is 0.350 e. The van der Waals surface area contributed by atoms with Crippen LogP contribution < -0.4 is 5.32 Å². The van der Waals surface area contributed by atoms with Crippen molar-refractivity contribution >= 4 is 33.4 Å². The van der Waals surface area contributed by atoms with Gasteiger partial charge in [0.25, 0.3) is 5.91 Å². The van der Waals surface area contributed by atoms with Gasteiger partial charge in [0, 0.05) is 17.5 Å². The van der Waals surface area contributed by atoms with Crippen molar-refractivity contribution in [1.82, 2.24) is 20.0 Å². The number of amides is 2. The summed E-state index contributed by atoms with van der Waals surface area (Å²) in [5, 5.41) is 8.63. The molecule has 1 atom stereocenters. The smallest absolute Gasteiger partial charge is 0.264 e. The number of carbonyl (C=O) groups is 2. The highest BCUT2D eigenvalue weighted by atomic mass is 32.1. The van der Waals surface area contributed by atoms with Crippen LogP contribution in [0.5, 0.6) is 0 Å². The molecule has 0 saturated heterocycles. The number of thiophene rings is 1. The fraction of sp³-hybridized carbons (Fsp3) is 0.296. The molecule has 2 heterocycles. The number of para-hydroxylation sites is 1. The lowest BCUT2D eigenvalue weighted by Crippen LogP contribution is -2.52. The second kappa shape index (κ2) is 9.43. The zero-order valence-electron chi connectivity index (χ0n) is 20.2. The molecule has 0 fully saturated rings. The number of nitrogens with zero attached hydrogens (tertiary/aromatic N) is 3. The fourth-order valence-electron chi connectivity index (χ4n) is 3.82. The first-order valence-electron chi connectivity index (χ1n) is 11.4. The third-order valence-corrected chi connectivity index (χ3v) is 6.66. The average Bonchev–Trinajstić information content (AvgIpc) is 3.37. The Bertz CT molecular complexity index is 1300. The average molecular weight is 475 g/mol. The number of hydrogen-bond acceptors (Lipinski definition) is 4. The molecule has 0 spiro atoms. The molecule has 0 aliphatic carbocycles. The second-order valence-electron chi connectivity index (χ2n) is 9.50. The molecular weight excluding hydrogens is 444 g/mol. The first-order chi connectivity index (χ1) is 16.1. The first-order valence-corrected chi connectivity index (χ1v) is 12.2. The van der Waals surface area contributed by atoms with Gasteiger partial charge in [0.05, 0.1) is 16.3 Å². The minimum atomic E-state index is -0.635. The first kappa shape index (κ1) is 23.7. The van der Waals surface area contributed by atoms with Crippen molar-refractivity contribution in [3.63, 3.8) is 0 Å². The quantitative estimate of drug-likeness (QED) is 0.410. The number of fused-ring (bicyclic) bond motifs is 1. The minimum absolute atomic E-state index is 0.166. The van der Waals surface area contributed by atoms with Gasteiger partial charge in [0.15, 0.2) is 0 Å². The maximum atomic E-state index is 13.8. The summed E-state index contributed by atoms with van der Waals surface area (Å²) in [5.74, 6) is -0.342. The highest BCUT2D eigenvalue weighted by Gasteiger charge is 2.30. The van der Waals surface area contributed by atoms with Gasteiger partial charge in [-0.25, -0.2) is 4.68 Å². The highest BCUT2D eigenvalue weighted by molar-refractivity contribution is 7.20. The summed E-state index contributed by atoms with van der Waals surface area (Å²) in [6, 6.07) is 20.9. The van der Waals surface area contributed by atoms with E-state index in [0.717, 1.165) is 27.2 Å². The van der Waals surface area contributed by atoms with E-state index in [1.54, 1.807) is 11.8 Å². The molecule has 34 heavy (non-hydrogen) atoms. The molecule has 2 aromatic carbocycles. The Morgan fingerprint density at radius 1 is 1.06 bits per heavy atom. The monoisotopic (exact) mass is 474 g/mol. The van der Waals surface area contributed by atoms with Crippen molar-refractivity contribution in [2.45, 2.75) is 52.7 Å². The van der Waals surface area contributed by atoms with Gasteiger partial charge in [-0.3, -0.25) is 9.59 Å². The van der Waals surface area contributed by atoms with Crippen molar-refractivity contribution in [3.05, 3.63) is 82.9 Å². The Kier molecular flexibility index (Phi) is 6.57. The molecular formula is C27H30N4O2S. The van der Waals surface area contributed by atoms with Gasteiger partial charge in [-0.1, -0.05) is 48.5 Å². The highest BCUT2D eigenvalue weighted by Crippen LogP contribution is 2.31. The maximum absolute atomic E-state index is 13.8. The molecule has 0 aliphatic rings. The molecule has 7 heteroatoms. The minimum Gasteiger partial charge on any atom is -0.350 e. The van der Waals surface area contributed by atoms with Crippen LogP contribution in [0, 0.1) is 6.92 Å². The van der Waals surface area contributed by atoms with Crippen LogP contribution in [0.1, 0.15) is 48.6 Å². The molecule has 4 aromatic rings. The summed E-state index contributed by atoms with van der Waals surface area (Å²) in [5.41, 5.74) is 2.39. The Morgan fingerprint density at radius 2 is 1.68 bits per heavy atom. The molecule has 6 nitrogen and oxygen atoms in total. The lowest BCUT2D eigenvalue weighted by Gasteiger charge is -2.31. The summed E-state index contributed by atoms with van der Waals surface area (Å²) in [4.78, 5) is 30.0. The molecule has 0 aliphatic heterocycles. The van der Waals surface area contributed by atoms with Crippen molar-refractivity contribution in [1.29, 1.82) is 0 Å². The summed E-state index contributed by atoms with van der Waals surface area (Å²) >= 11 is 1.41. The van der Waals surface area contributed by atoms with Gasteiger partial charge in [0.1, 0.15) is 10.9 Å². The molecule has 2 aromatic heterocycles. The third-order valence-electron chi connectivity index (χ3n) is 5.56. The SMILES string of the molecule is Cc1nn(-c2ccccc2)c2sc(C(=O)N(Cc3ccccc3)C(C)C(=O)NC(C)(C)C)cc12. The molecule has 2 amide bonds. The predicted octanol–water partition coefficient (Wildman–Crippen LogP) is 5.34. The number of rotatable bonds is 6. The maximum Gasteiger partial charge on any atom is 0.264 e. The molecule has 0 radical (unpaired) electrons. The van der Waals surface area contributed by atoms with E-state index in [1.165, 1.54) is 11.3 Å². The van der Waals surface area contributed by atoms with Crippen molar-refractivity contribution in [2.24, 2.45) is 0 Å². The van der Waals surface area contributed by atoms with Crippen LogP contribution in [0.2, 0.25) is 0 Å². The number of hydrogen-bond donors (Lipinski definition) is 1. The Morgan fingerprint density at radius 3 is 2.29 bits per heavy atom. The van der Waals surface area contributed by atoms with Crippen LogP contribution in [0.4, 0.5) is 0 Å². The summed E-state index contributed by atoms with van der Waals surface area (Å²) < 4.78 is 1.88. The Labute approximate surface area is 204 Å². The molecule has 0 saturated carbocycles. The third kappa shape index (κ3) is 5.04. The van der Waals surface area contributed by atoms with E-state index >= 15 is 0 Å². The van der Waals surface area contributed by atoms with E-state index in [1.807, 2.05) is 99.1 Å². The normalized spacial score (nSPS) is 12.5. The summed E-state index contributed by atoms with van der Waals surface area (Å²) in [7, 11) is 0.